The number of rotatable bonds is 3. The molecular formula is C19H19N3O3S. The molecule has 0 saturated carbocycles. The molecule has 134 valence electrons. The van der Waals surface area contributed by atoms with Gasteiger partial charge in [0.2, 0.25) is 11.7 Å². The maximum atomic E-state index is 12.9. The van der Waals surface area contributed by atoms with Crippen LogP contribution in [0, 0.1) is 20.8 Å². The Balaban J connectivity index is 1.91. The number of carbonyl (C=O) groups is 1. The quantitative estimate of drug-likeness (QED) is 0.697. The Morgan fingerprint density at radius 1 is 1.04 bits per heavy atom. The van der Waals surface area contributed by atoms with Crippen molar-refractivity contribution < 1.29 is 13.5 Å². The van der Waals surface area contributed by atoms with Crippen molar-refractivity contribution in [1.82, 2.24) is 10.1 Å². The molecule has 1 amide bonds. The Labute approximate surface area is 152 Å². The van der Waals surface area contributed by atoms with E-state index in [0.29, 0.717) is 22.2 Å². The summed E-state index contributed by atoms with van der Waals surface area (Å²) in [5.74, 6) is 0.398. The van der Waals surface area contributed by atoms with Crippen molar-refractivity contribution in [3.63, 3.8) is 0 Å². The minimum absolute atomic E-state index is 0.355. The topological polar surface area (TPSA) is 85.4 Å². The van der Waals surface area contributed by atoms with Gasteiger partial charge in [0.1, 0.15) is 0 Å². The molecule has 1 aromatic heterocycles. The van der Waals surface area contributed by atoms with Crippen LogP contribution in [0.25, 0.3) is 11.4 Å². The van der Waals surface area contributed by atoms with Crippen LogP contribution in [0.5, 0.6) is 0 Å². The first-order valence-electron chi connectivity index (χ1n) is 8.00. The van der Waals surface area contributed by atoms with Crippen molar-refractivity contribution in [2.24, 2.45) is 4.36 Å². The Hall–Kier alpha value is -2.80. The van der Waals surface area contributed by atoms with E-state index in [-0.39, 0.29) is 0 Å². The van der Waals surface area contributed by atoms with Gasteiger partial charge >= 0.3 is 0 Å². The van der Waals surface area contributed by atoms with E-state index in [9.17, 15) is 9.00 Å². The number of aryl methyl sites for hydroxylation is 3. The molecule has 1 unspecified atom stereocenters. The molecule has 0 bridgehead atoms. The van der Waals surface area contributed by atoms with Crippen LogP contribution < -0.4 is 0 Å². The molecule has 7 heteroatoms. The van der Waals surface area contributed by atoms with E-state index >= 15 is 0 Å². The molecule has 26 heavy (non-hydrogen) atoms. The first kappa shape index (κ1) is 18.0. The van der Waals surface area contributed by atoms with Gasteiger partial charge in [-0.3, -0.25) is 4.79 Å². The molecule has 1 heterocycles. The van der Waals surface area contributed by atoms with Crippen molar-refractivity contribution in [1.29, 1.82) is 0 Å². The average molecular weight is 369 g/mol. The second kappa shape index (κ2) is 6.84. The van der Waals surface area contributed by atoms with Gasteiger partial charge in [0.15, 0.2) is 0 Å². The first-order chi connectivity index (χ1) is 12.2. The molecule has 6 nitrogen and oxygen atoms in total. The highest BCUT2D eigenvalue weighted by Gasteiger charge is 2.13. The smallest absolute Gasteiger partial charge is 0.285 e. The molecule has 0 fully saturated rings. The van der Waals surface area contributed by atoms with Gasteiger partial charge in [-0.05, 0) is 49.2 Å². The number of amides is 1. The molecule has 0 aliphatic rings. The summed E-state index contributed by atoms with van der Waals surface area (Å²) in [4.78, 5) is 17.2. The second-order valence-corrected chi connectivity index (χ2v) is 8.50. The first-order valence-corrected chi connectivity index (χ1v) is 9.92. The molecule has 0 N–H and O–H groups in total. The van der Waals surface area contributed by atoms with Crippen LogP contribution in [0.1, 0.15) is 27.4 Å². The SMILES string of the molecule is Cc1cc(C)cc(S(C)(=O)=NC(=O)c2ccc(-c3noc(C)n3)cc2)c1. The number of hydrogen-bond acceptors (Lipinski definition) is 5. The molecule has 0 saturated heterocycles. The minimum Gasteiger partial charge on any atom is -0.339 e. The normalized spacial score (nSPS) is 13.2. The Morgan fingerprint density at radius 2 is 1.65 bits per heavy atom. The van der Waals surface area contributed by atoms with E-state index in [2.05, 4.69) is 14.5 Å². The fourth-order valence-corrected chi connectivity index (χ4v) is 3.93. The van der Waals surface area contributed by atoms with Crippen LogP contribution in [0.4, 0.5) is 0 Å². The maximum absolute atomic E-state index is 12.9. The van der Waals surface area contributed by atoms with Crippen LogP contribution in [-0.2, 0) is 9.73 Å². The summed E-state index contributed by atoms with van der Waals surface area (Å²) in [6.45, 7) is 5.55. The molecule has 3 aromatic rings. The molecule has 0 aliphatic carbocycles. The van der Waals surface area contributed by atoms with Crippen molar-refractivity contribution in [3.8, 4) is 11.4 Å². The van der Waals surface area contributed by atoms with Gasteiger partial charge in [0, 0.05) is 29.2 Å². The lowest BCUT2D eigenvalue weighted by Crippen LogP contribution is -2.04. The van der Waals surface area contributed by atoms with Gasteiger partial charge in [-0.15, -0.1) is 0 Å². The Kier molecular flexibility index (Phi) is 4.73. The Bertz CT molecular complexity index is 1070. The van der Waals surface area contributed by atoms with Crippen LogP contribution >= 0.6 is 0 Å². The molecule has 1 atom stereocenters. The van der Waals surface area contributed by atoms with Crippen molar-refractivity contribution in [3.05, 3.63) is 65.0 Å². The van der Waals surface area contributed by atoms with Crippen molar-refractivity contribution >= 4 is 15.6 Å². The summed E-state index contributed by atoms with van der Waals surface area (Å²) in [6, 6.07) is 12.2. The summed E-state index contributed by atoms with van der Waals surface area (Å²) in [5.41, 5.74) is 3.05. The third-order valence-corrected chi connectivity index (χ3v) is 5.43. The van der Waals surface area contributed by atoms with E-state index < -0.39 is 15.6 Å². The highest BCUT2D eigenvalue weighted by molar-refractivity contribution is 7.93. The van der Waals surface area contributed by atoms with Gasteiger partial charge < -0.3 is 4.52 Å². The third kappa shape index (κ3) is 3.88. The zero-order chi connectivity index (χ0) is 18.9. The summed E-state index contributed by atoms with van der Waals surface area (Å²) in [5, 5.41) is 3.84. The molecule has 0 spiro atoms. The predicted octanol–water partition coefficient (Wildman–Crippen LogP) is 3.96. The minimum atomic E-state index is -2.83. The molecule has 2 aromatic carbocycles. The maximum Gasteiger partial charge on any atom is 0.285 e. The molecular weight excluding hydrogens is 350 g/mol. The van der Waals surface area contributed by atoms with Crippen LogP contribution in [0.15, 0.2) is 56.2 Å². The number of aromatic nitrogens is 2. The number of carbonyl (C=O) groups excluding carboxylic acids is 1. The third-order valence-electron chi connectivity index (χ3n) is 3.81. The number of hydrogen-bond donors (Lipinski definition) is 0. The average Bonchev–Trinajstić information content (AvgIpc) is 3.00. The summed E-state index contributed by atoms with van der Waals surface area (Å²) < 4.78 is 21.9. The zero-order valence-corrected chi connectivity index (χ0v) is 15.8. The van der Waals surface area contributed by atoms with Gasteiger partial charge in [0.05, 0.1) is 9.73 Å². The fraction of sp³-hybridized carbons (Fsp3) is 0.211. The Morgan fingerprint density at radius 3 is 2.19 bits per heavy atom. The number of nitrogens with zero attached hydrogens (tertiary/aromatic N) is 3. The molecule has 3 rings (SSSR count). The summed E-state index contributed by atoms with van der Waals surface area (Å²) in [7, 11) is -2.83. The monoisotopic (exact) mass is 369 g/mol. The van der Waals surface area contributed by atoms with Crippen LogP contribution in [0.2, 0.25) is 0 Å². The van der Waals surface area contributed by atoms with E-state index in [1.165, 1.54) is 6.26 Å². The van der Waals surface area contributed by atoms with E-state index in [4.69, 9.17) is 4.52 Å². The lowest BCUT2D eigenvalue weighted by Gasteiger charge is -2.07. The highest BCUT2D eigenvalue weighted by atomic mass is 32.2. The summed E-state index contributed by atoms with van der Waals surface area (Å²) >= 11 is 0. The molecule has 0 radical (unpaired) electrons. The lowest BCUT2D eigenvalue weighted by molar-refractivity contribution is 0.100. The van der Waals surface area contributed by atoms with E-state index in [1.807, 2.05) is 19.9 Å². The van der Waals surface area contributed by atoms with Gasteiger partial charge in [0.25, 0.3) is 5.91 Å². The summed E-state index contributed by atoms with van der Waals surface area (Å²) in [6.07, 6.45) is 1.48. The van der Waals surface area contributed by atoms with Gasteiger partial charge in [-0.1, -0.05) is 23.4 Å². The standard InChI is InChI=1S/C19H19N3O3S/c1-12-9-13(2)11-17(10-12)26(4,24)22-19(23)16-7-5-15(6-8-16)18-20-14(3)25-21-18/h5-11H,1-4H3. The van der Waals surface area contributed by atoms with Gasteiger partial charge in [-0.25, -0.2) is 4.21 Å². The lowest BCUT2D eigenvalue weighted by atomic mass is 10.1. The predicted molar refractivity (Wildman–Crippen MR) is 99.5 cm³/mol. The fourth-order valence-electron chi connectivity index (χ4n) is 2.59. The number of benzene rings is 2. The van der Waals surface area contributed by atoms with Crippen LogP contribution in [0.3, 0.4) is 0 Å². The zero-order valence-electron chi connectivity index (χ0n) is 15.0. The largest absolute Gasteiger partial charge is 0.339 e. The van der Waals surface area contributed by atoms with Gasteiger partial charge in [-0.2, -0.15) is 9.35 Å². The van der Waals surface area contributed by atoms with E-state index in [0.717, 1.165) is 16.7 Å². The van der Waals surface area contributed by atoms with Crippen molar-refractivity contribution in [2.75, 3.05) is 6.26 Å². The molecule has 0 aliphatic heterocycles. The van der Waals surface area contributed by atoms with E-state index in [1.54, 1.807) is 43.3 Å². The van der Waals surface area contributed by atoms with Crippen LogP contribution in [-0.4, -0.2) is 26.5 Å². The second-order valence-electron chi connectivity index (χ2n) is 6.24. The van der Waals surface area contributed by atoms with Crippen molar-refractivity contribution in [2.45, 2.75) is 25.7 Å². The highest BCUT2D eigenvalue weighted by Crippen LogP contribution is 2.19.